The lowest BCUT2D eigenvalue weighted by Gasteiger charge is -2.14. The molecule has 0 spiro atoms. The van der Waals surface area contributed by atoms with Crippen molar-refractivity contribution >= 4 is 39.3 Å². The fourth-order valence-corrected chi connectivity index (χ4v) is 3.39. The van der Waals surface area contributed by atoms with Crippen LogP contribution in [0.2, 0.25) is 0 Å². The number of benzene rings is 2. The van der Waals surface area contributed by atoms with Crippen LogP contribution in [0.15, 0.2) is 34.8 Å². The Morgan fingerprint density at radius 3 is 2.31 bits per heavy atom. The maximum absolute atomic E-state index is 13.8. The highest BCUT2D eigenvalue weighted by Crippen LogP contribution is 2.39. The number of rotatable bonds is 8. The number of carbonyl (C=O) groups excluding carboxylic acids is 1. The summed E-state index contributed by atoms with van der Waals surface area (Å²) in [5.41, 5.74) is 1.08. The summed E-state index contributed by atoms with van der Waals surface area (Å²) in [6.07, 6.45) is 0. The molecule has 2 aromatic rings. The van der Waals surface area contributed by atoms with Crippen LogP contribution in [0.3, 0.4) is 0 Å². The van der Waals surface area contributed by atoms with Gasteiger partial charge in [-0.05, 0) is 17.7 Å². The molecule has 1 N–H and O–H groups in total. The molecule has 0 fully saturated rings. The molecule has 0 aliphatic rings. The second-order valence-electron chi connectivity index (χ2n) is 5.19. The minimum atomic E-state index is -0.295. The molecule has 0 aliphatic carbocycles. The lowest BCUT2D eigenvalue weighted by atomic mass is 10.2. The summed E-state index contributed by atoms with van der Waals surface area (Å²) >= 11 is 4.54. The third-order valence-electron chi connectivity index (χ3n) is 3.45. The van der Waals surface area contributed by atoms with Gasteiger partial charge in [-0.1, -0.05) is 22.0 Å². The topological polar surface area (TPSA) is 56.8 Å². The molecule has 0 atom stereocenters. The highest BCUT2D eigenvalue weighted by Gasteiger charge is 2.14. The predicted molar refractivity (Wildman–Crippen MR) is 105 cm³/mol. The Morgan fingerprint density at radius 1 is 1.12 bits per heavy atom. The normalized spacial score (nSPS) is 10.3. The monoisotopic (exact) mass is 443 g/mol. The molecule has 26 heavy (non-hydrogen) atoms. The Balaban J connectivity index is 1.97. The van der Waals surface area contributed by atoms with E-state index in [1.54, 1.807) is 24.3 Å². The number of halogens is 2. The summed E-state index contributed by atoms with van der Waals surface area (Å²) in [5, 5.41) is 2.78. The van der Waals surface area contributed by atoms with Crippen LogP contribution in [-0.4, -0.2) is 33.0 Å². The lowest BCUT2D eigenvalue weighted by molar-refractivity contribution is -0.113. The van der Waals surface area contributed by atoms with Crippen molar-refractivity contribution in [2.45, 2.75) is 5.75 Å². The van der Waals surface area contributed by atoms with E-state index in [0.29, 0.717) is 38.7 Å². The number of thioether (sulfide) groups is 1. The van der Waals surface area contributed by atoms with Gasteiger partial charge in [-0.2, -0.15) is 0 Å². The van der Waals surface area contributed by atoms with Crippen molar-refractivity contribution in [3.05, 3.63) is 46.2 Å². The zero-order valence-corrected chi connectivity index (χ0v) is 17.0. The molecule has 1 amide bonds. The van der Waals surface area contributed by atoms with Crippen LogP contribution in [0.4, 0.5) is 10.1 Å². The first-order chi connectivity index (χ1) is 12.5. The Kier molecular flexibility index (Phi) is 7.59. The molecule has 0 saturated heterocycles. The molecular formula is C18H19BrFNO4S. The van der Waals surface area contributed by atoms with E-state index in [4.69, 9.17) is 14.2 Å². The summed E-state index contributed by atoms with van der Waals surface area (Å²) in [5.74, 6) is 1.44. The number of nitrogens with one attached hydrogen (secondary N) is 1. The van der Waals surface area contributed by atoms with Gasteiger partial charge in [0.1, 0.15) is 5.82 Å². The van der Waals surface area contributed by atoms with Gasteiger partial charge in [0.05, 0.1) is 27.1 Å². The molecule has 0 bridgehead atoms. The van der Waals surface area contributed by atoms with Gasteiger partial charge in [-0.25, -0.2) is 4.39 Å². The van der Waals surface area contributed by atoms with Gasteiger partial charge in [0, 0.05) is 28.0 Å². The van der Waals surface area contributed by atoms with Crippen LogP contribution >= 0.6 is 27.7 Å². The van der Waals surface area contributed by atoms with Crippen LogP contribution in [0.1, 0.15) is 5.56 Å². The number of carbonyl (C=O) groups is 1. The Hall–Kier alpha value is -1.93. The largest absolute Gasteiger partial charge is 0.493 e. The van der Waals surface area contributed by atoms with Crippen LogP contribution in [0.5, 0.6) is 17.2 Å². The number of hydrogen-bond donors (Lipinski definition) is 1. The van der Waals surface area contributed by atoms with E-state index in [0.717, 1.165) is 0 Å². The van der Waals surface area contributed by atoms with Gasteiger partial charge >= 0.3 is 0 Å². The highest BCUT2D eigenvalue weighted by molar-refractivity contribution is 9.10. The zero-order chi connectivity index (χ0) is 19.1. The molecule has 2 rings (SSSR count). The molecule has 2 aromatic carbocycles. The quantitative estimate of drug-likeness (QED) is 0.651. The molecule has 0 aliphatic heterocycles. The van der Waals surface area contributed by atoms with Gasteiger partial charge < -0.3 is 19.5 Å². The van der Waals surface area contributed by atoms with E-state index in [-0.39, 0.29) is 17.5 Å². The number of anilines is 1. The van der Waals surface area contributed by atoms with Gasteiger partial charge in [-0.3, -0.25) is 4.79 Å². The minimum absolute atomic E-state index is 0.187. The maximum atomic E-state index is 13.8. The molecule has 0 radical (unpaired) electrons. The predicted octanol–water partition coefficient (Wildman–Crippen LogP) is 4.49. The highest BCUT2D eigenvalue weighted by atomic mass is 79.9. The van der Waals surface area contributed by atoms with E-state index >= 15 is 0 Å². The third-order valence-corrected chi connectivity index (χ3v) is 4.93. The summed E-state index contributed by atoms with van der Waals surface area (Å²) < 4.78 is 30.2. The summed E-state index contributed by atoms with van der Waals surface area (Å²) in [6.45, 7) is 0. The van der Waals surface area contributed by atoms with E-state index in [2.05, 4.69) is 21.2 Å². The van der Waals surface area contributed by atoms with Crippen LogP contribution in [0, 0.1) is 5.82 Å². The van der Waals surface area contributed by atoms with Gasteiger partial charge in [0.15, 0.2) is 11.5 Å². The molecule has 0 saturated carbocycles. The van der Waals surface area contributed by atoms with Crippen molar-refractivity contribution in [1.82, 2.24) is 0 Å². The lowest BCUT2D eigenvalue weighted by Crippen LogP contribution is -2.14. The number of methoxy groups -OCH3 is 3. The fraction of sp³-hybridized carbons (Fsp3) is 0.278. The van der Waals surface area contributed by atoms with Crippen molar-refractivity contribution in [3.8, 4) is 17.2 Å². The van der Waals surface area contributed by atoms with Crippen LogP contribution in [0.25, 0.3) is 0 Å². The first kappa shape index (κ1) is 20.4. The van der Waals surface area contributed by atoms with Crippen molar-refractivity contribution in [1.29, 1.82) is 0 Å². The number of ether oxygens (including phenoxy) is 3. The maximum Gasteiger partial charge on any atom is 0.234 e. The zero-order valence-electron chi connectivity index (χ0n) is 14.6. The van der Waals surface area contributed by atoms with Gasteiger partial charge in [-0.15, -0.1) is 11.8 Å². The fourth-order valence-electron chi connectivity index (χ4n) is 2.24. The molecule has 140 valence electrons. The van der Waals surface area contributed by atoms with E-state index in [9.17, 15) is 9.18 Å². The second kappa shape index (κ2) is 9.68. The van der Waals surface area contributed by atoms with Crippen molar-refractivity contribution in [2.24, 2.45) is 0 Å². The first-order valence-corrected chi connectivity index (χ1v) is 9.54. The first-order valence-electron chi connectivity index (χ1n) is 7.60. The summed E-state index contributed by atoms with van der Waals surface area (Å²) in [6, 6.07) is 8.18. The molecule has 0 heterocycles. The Labute approximate surface area is 164 Å². The smallest absolute Gasteiger partial charge is 0.234 e. The number of hydrogen-bond acceptors (Lipinski definition) is 5. The molecule has 8 heteroatoms. The van der Waals surface area contributed by atoms with Gasteiger partial charge in [0.2, 0.25) is 11.7 Å². The average molecular weight is 444 g/mol. The Morgan fingerprint density at radius 2 is 1.77 bits per heavy atom. The standard InChI is InChI=1S/C18H19BrFNO4S/c1-23-15-7-13(8-16(24-2)18(15)25-3)21-17(22)10-26-9-11-4-5-12(19)6-14(11)20/h4-8H,9-10H2,1-3H3,(H,21,22). The molecular weight excluding hydrogens is 425 g/mol. The van der Waals surface area contributed by atoms with Crippen molar-refractivity contribution < 1.29 is 23.4 Å². The minimum Gasteiger partial charge on any atom is -0.493 e. The van der Waals surface area contributed by atoms with Crippen LogP contribution < -0.4 is 19.5 Å². The Bertz CT molecular complexity index is 763. The van der Waals surface area contributed by atoms with Gasteiger partial charge in [0.25, 0.3) is 0 Å². The second-order valence-corrected chi connectivity index (χ2v) is 7.09. The van der Waals surface area contributed by atoms with E-state index in [1.165, 1.54) is 39.2 Å². The van der Waals surface area contributed by atoms with Crippen molar-refractivity contribution in [3.63, 3.8) is 0 Å². The average Bonchev–Trinajstić information content (AvgIpc) is 2.62. The SMILES string of the molecule is COc1cc(NC(=O)CSCc2ccc(Br)cc2F)cc(OC)c1OC. The van der Waals surface area contributed by atoms with E-state index < -0.39 is 0 Å². The number of amides is 1. The third kappa shape index (κ3) is 5.28. The summed E-state index contributed by atoms with van der Waals surface area (Å²) in [7, 11) is 4.52. The summed E-state index contributed by atoms with van der Waals surface area (Å²) in [4.78, 5) is 12.1. The molecule has 0 unspecified atom stereocenters. The van der Waals surface area contributed by atoms with Crippen molar-refractivity contribution in [2.75, 3.05) is 32.4 Å². The van der Waals surface area contributed by atoms with Crippen LogP contribution in [-0.2, 0) is 10.5 Å². The molecule has 5 nitrogen and oxygen atoms in total. The van der Waals surface area contributed by atoms with E-state index in [1.807, 2.05) is 0 Å². The molecule has 0 aromatic heterocycles.